The van der Waals surface area contributed by atoms with E-state index < -0.39 is 0 Å². The molecule has 1 aromatic rings. The van der Waals surface area contributed by atoms with Crippen molar-refractivity contribution in [1.82, 2.24) is 0 Å². The number of hydrogen-bond donors (Lipinski definition) is 0. The average molecular weight is 230 g/mol. The normalized spacial score (nSPS) is 14.0. The lowest BCUT2D eigenvalue weighted by Gasteiger charge is -2.12. The summed E-state index contributed by atoms with van der Waals surface area (Å²) in [7, 11) is 3.24. The van der Waals surface area contributed by atoms with Crippen LogP contribution in [-0.4, -0.2) is 20.5 Å². The molecule has 0 aliphatic heterocycles. The van der Waals surface area contributed by atoms with Crippen molar-refractivity contribution in [3.8, 4) is 5.75 Å². The lowest BCUT2D eigenvalue weighted by atomic mass is 10.0. The summed E-state index contributed by atoms with van der Waals surface area (Å²) in [6, 6.07) is 5.72. The molecule has 0 aromatic heterocycles. The highest BCUT2D eigenvalue weighted by Crippen LogP contribution is 2.34. The predicted octanol–water partition coefficient (Wildman–Crippen LogP) is 2.67. The topological polar surface area (TPSA) is 35.5 Å². The summed E-state index contributed by atoms with van der Waals surface area (Å²) >= 11 is 0. The van der Waals surface area contributed by atoms with E-state index in [4.69, 9.17) is 9.47 Å². The molecule has 2 rings (SSSR count). The molecule has 0 atom stereocenters. The average Bonchev–Trinajstić information content (AvgIpc) is 2.56. The number of hydrogen-bond acceptors (Lipinski definition) is 3. The van der Waals surface area contributed by atoms with Gasteiger partial charge in [-0.2, -0.15) is 0 Å². The van der Waals surface area contributed by atoms with Gasteiger partial charge in [0, 0.05) is 0 Å². The molecule has 1 aromatic carbocycles. The van der Waals surface area contributed by atoms with E-state index in [1.165, 1.54) is 0 Å². The second-order valence-electron chi connectivity index (χ2n) is 3.74. The molecule has 0 amide bonds. The number of aldehydes is 1. The monoisotopic (exact) mass is 230 g/mol. The highest BCUT2D eigenvalue weighted by Gasteiger charge is 2.16. The van der Waals surface area contributed by atoms with Gasteiger partial charge in [-0.25, -0.2) is 0 Å². The third kappa shape index (κ3) is 2.09. The number of allylic oxidation sites excluding steroid dienone is 2. The van der Waals surface area contributed by atoms with Gasteiger partial charge in [-0.15, -0.1) is 0 Å². The SMILES string of the molecule is COC1=CCC(C=O)=Cc2cccc(OC)c21. The van der Waals surface area contributed by atoms with Crippen LogP contribution in [0.25, 0.3) is 11.8 Å². The van der Waals surface area contributed by atoms with Gasteiger partial charge in [0.15, 0.2) is 0 Å². The van der Waals surface area contributed by atoms with E-state index in [1.54, 1.807) is 14.2 Å². The van der Waals surface area contributed by atoms with Crippen LogP contribution in [0.2, 0.25) is 0 Å². The Labute approximate surface area is 100 Å². The highest BCUT2D eigenvalue weighted by molar-refractivity contribution is 5.88. The molecule has 0 unspecified atom stereocenters. The van der Waals surface area contributed by atoms with Gasteiger partial charge in [-0.3, -0.25) is 4.79 Å². The largest absolute Gasteiger partial charge is 0.496 e. The number of fused-ring (bicyclic) bond motifs is 1. The summed E-state index contributed by atoms with van der Waals surface area (Å²) in [5.41, 5.74) is 2.57. The van der Waals surface area contributed by atoms with Crippen LogP contribution in [0.15, 0.2) is 29.8 Å². The number of benzene rings is 1. The molecule has 3 nitrogen and oxygen atoms in total. The van der Waals surface area contributed by atoms with E-state index in [9.17, 15) is 4.79 Å². The Hall–Kier alpha value is -2.03. The van der Waals surface area contributed by atoms with Crippen molar-refractivity contribution in [3.05, 3.63) is 41.0 Å². The molecule has 0 saturated carbocycles. The summed E-state index contributed by atoms with van der Waals surface area (Å²) in [5, 5.41) is 0. The number of carbonyl (C=O) groups excluding carboxylic acids is 1. The number of rotatable bonds is 3. The minimum atomic E-state index is 0.574. The third-order valence-electron chi connectivity index (χ3n) is 2.76. The maximum Gasteiger partial charge on any atom is 0.146 e. The van der Waals surface area contributed by atoms with Crippen LogP contribution in [0.5, 0.6) is 5.75 Å². The fourth-order valence-electron chi connectivity index (χ4n) is 1.94. The van der Waals surface area contributed by atoms with E-state index >= 15 is 0 Å². The van der Waals surface area contributed by atoms with Crippen LogP contribution in [-0.2, 0) is 9.53 Å². The molecular weight excluding hydrogens is 216 g/mol. The fourth-order valence-corrected chi connectivity index (χ4v) is 1.94. The quantitative estimate of drug-likeness (QED) is 0.749. The molecule has 0 N–H and O–H groups in total. The summed E-state index contributed by atoms with van der Waals surface area (Å²) in [5.74, 6) is 1.49. The first-order valence-electron chi connectivity index (χ1n) is 5.37. The second-order valence-corrected chi connectivity index (χ2v) is 3.74. The van der Waals surface area contributed by atoms with Gasteiger partial charge >= 0.3 is 0 Å². The van der Waals surface area contributed by atoms with Crippen LogP contribution >= 0.6 is 0 Å². The van der Waals surface area contributed by atoms with Gasteiger partial charge in [0.25, 0.3) is 0 Å². The van der Waals surface area contributed by atoms with E-state index in [-0.39, 0.29) is 0 Å². The molecule has 3 heteroatoms. The lowest BCUT2D eigenvalue weighted by molar-refractivity contribution is -0.104. The van der Waals surface area contributed by atoms with E-state index in [1.807, 2.05) is 30.4 Å². The number of ether oxygens (including phenoxy) is 2. The van der Waals surface area contributed by atoms with Gasteiger partial charge in [-0.05, 0) is 35.8 Å². The van der Waals surface area contributed by atoms with Crippen molar-refractivity contribution in [1.29, 1.82) is 0 Å². The second kappa shape index (κ2) is 4.87. The van der Waals surface area contributed by atoms with Gasteiger partial charge < -0.3 is 9.47 Å². The zero-order valence-corrected chi connectivity index (χ0v) is 9.90. The van der Waals surface area contributed by atoms with Crippen molar-refractivity contribution in [2.24, 2.45) is 0 Å². The summed E-state index contributed by atoms with van der Waals surface area (Å²) < 4.78 is 10.7. The number of methoxy groups -OCH3 is 2. The highest BCUT2D eigenvalue weighted by atomic mass is 16.5. The molecule has 0 spiro atoms. The maximum absolute atomic E-state index is 10.9. The van der Waals surface area contributed by atoms with Crippen LogP contribution in [0.1, 0.15) is 17.5 Å². The molecule has 17 heavy (non-hydrogen) atoms. The molecule has 0 bridgehead atoms. The zero-order valence-electron chi connectivity index (χ0n) is 9.90. The van der Waals surface area contributed by atoms with Gasteiger partial charge in [0.2, 0.25) is 0 Å². The molecular formula is C14H14O3. The predicted molar refractivity (Wildman–Crippen MR) is 66.6 cm³/mol. The van der Waals surface area contributed by atoms with E-state index in [2.05, 4.69) is 0 Å². The van der Waals surface area contributed by atoms with Crippen molar-refractivity contribution < 1.29 is 14.3 Å². The first-order valence-corrected chi connectivity index (χ1v) is 5.37. The summed E-state index contributed by atoms with van der Waals surface area (Å²) in [4.78, 5) is 10.9. The van der Waals surface area contributed by atoms with Crippen molar-refractivity contribution in [3.63, 3.8) is 0 Å². The van der Waals surface area contributed by atoms with Crippen LogP contribution in [0.3, 0.4) is 0 Å². The Morgan fingerprint density at radius 2 is 2.06 bits per heavy atom. The van der Waals surface area contributed by atoms with Gasteiger partial charge in [0.05, 0.1) is 19.8 Å². The molecule has 0 radical (unpaired) electrons. The summed E-state index contributed by atoms with van der Waals surface area (Å²) in [6.45, 7) is 0. The minimum absolute atomic E-state index is 0.574. The molecule has 0 heterocycles. The van der Waals surface area contributed by atoms with Crippen molar-refractivity contribution in [2.75, 3.05) is 14.2 Å². The van der Waals surface area contributed by atoms with Gasteiger partial charge in [-0.1, -0.05) is 12.1 Å². The summed E-state index contributed by atoms with van der Waals surface area (Å²) in [6.07, 6.45) is 5.21. The van der Waals surface area contributed by atoms with Crippen molar-refractivity contribution >= 4 is 18.1 Å². The molecule has 1 aliphatic rings. The molecule has 0 fully saturated rings. The maximum atomic E-state index is 10.9. The smallest absolute Gasteiger partial charge is 0.146 e. The van der Waals surface area contributed by atoms with Crippen LogP contribution < -0.4 is 4.74 Å². The Balaban J connectivity index is 2.66. The minimum Gasteiger partial charge on any atom is -0.496 e. The molecule has 0 saturated heterocycles. The van der Waals surface area contributed by atoms with Crippen molar-refractivity contribution in [2.45, 2.75) is 6.42 Å². The lowest BCUT2D eigenvalue weighted by Crippen LogP contribution is -1.95. The Morgan fingerprint density at radius 3 is 2.71 bits per heavy atom. The standard InChI is InChI=1S/C14H14O3/c1-16-12-5-3-4-11-8-10(9-15)6-7-13(17-2)14(11)12/h3-5,7-9H,6H2,1-2H3. The fraction of sp³-hybridized carbons (Fsp3) is 0.214. The first kappa shape index (κ1) is 11.5. The zero-order chi connectivity index (χ0) is 12.3. The van der Waals surface area contributed by atoms with E-state index in [0.717, 1.165) is 34.5 Å². The third-order valence-corrected chi connectivity index (χ3v) is 2.76. The molecule has 88 valence electrons. The van der Waals surface area contributed by atoms with Crippen LogP contribution in [0.4, 0.5) is 0 Å². The first-order chi connectivity index (χ1) is 8.30. The van der Waals surface area contributed by atoms with E-state index in [0.29, 0.717) is 6.42 Å². The van der Waals surface area contributed by atoms with Gasteiger partial charge in [0.1, 0.15) is 17.8 Å². The Morgan fingerprint density at radius 1 is 1.24 bits per heavy atom. The Bertz CT molecular complexity index is 498. The molecule has 1 aliphatic carbocycles. The Kier molecular flexibility index (Phi) is 3.28. The number of carbonyl (C=O) groups is 1. The van der Waals surface area contributed by atoms with Crippen LogP contribution in [0, 0.1) is 0 Å².